The van der Waals surface area contributed by atoms with Crippen molar-refractivity contribution in [3.8, 4) is 0 Å². The van der Waals surface area contributed by atoms with Crippen LogP contribution in [0.4, 0.5) is 5.69 Å². The van der Waals surface area contributed by atoms with Crippen LogP contribution in [0.25, 0.3) is 0 Å². The van der Waals surface area contributed by atoms with Gasteiger partial charge < -0.3 is 5.21 Å². The molecule has 1 aliphatic rings. The Labute approximate surface area is 88.6 Å². The second-order valence-corrected chi connectivity index (χ2v) is 3.71. The van der Waals surface area contributed by atoms with E-state index in [1.807, 2.05) is 6.07 Å². The molecule has 0 saturated heterocycles. The molecule has 0 unspecified atom stereocenters. The summed E-state index contributed by atoms with van der Waals surface area (Å²) < 4.78 is 0.779. The lowest BCUT2D eigenvalue weighted by atomic mass is 9.97. The molecule has 0 bridgehead atoms. The highest BCUT2D eigenvalue weighted by atomic mass is 16.5. The van der Waals surface area contributed by atoms with Gasteiger partial charge in [0.25, 0.3) is 0 Å². The van der Waals surface area contributed by atoms with E-state index in [0.717, 1.165) is 17.6 Å². The molecule has 0 heterocycles. The maximum absolute atomic E-state index is 11.9. The molecule has 1 saturated carbocycles. The van der Waals surface area contributed by atoms with Crippen LogP contribution in [0.5, 0.6) is 0 Å². The minimum Gasteiger partial charge on any atom is -0.618 e. The highest BCUT2D eigenvalue weighted by Crippen LogP contribution is 2.16. The molecular formula is C12H13NO2. The zero-order chi connectivity index (χ0) is 10.7. The van der Waals surface area contributed by atoms with Crippen molar-refractivity contribution < 1.29 is 9.53 Å². The summed E-state index contributed by atoms with van der Waals surface area (Å²) in [5.74, 6) is 0.0000954. The first-order chi connectivity index (χ1) is 7.29. The number of ketones is 1. The lowest BCUT2D eigenvalue weighted by molar-refractivity contribution is -0.361. The van der Waals surface area contributed by atoms with Crippen LogP contribution in [0.1, 0.15) is 25.7 Å². The average Bonchev–Trinajstić information content (AvgIpc) is 2.30. The highest BCUT2D eigenvalue weighted by Gasteiger charge is 2.24. The van der Waals surface area contributed by atoms with Gasteiger partial charge in [-0.2, -0.15) is 4.74 Å². The number of Topliss-reactive ketones (excluding diaryl/α,β-unsaturated/α-hetero) is 1. The molecule has 0 amide bonds. The third-order valence-corrected chi connectivity index (χ3v) is 2.63. The van der Waals surface area contributed by atoms with E-state index in [4.69, 9.17) is 0 Å². The minimum absolute atomic E-state index is 0.0000954. The second-order valence-electron chi connectivity index (χ2n) is 3.71. The molecule has 1 fully saturated rings. The maximum Gasteiger partial charge on any atom is 0.236 e. The zero-order valence-corrected chi connectivity index (χ0v) is 8.48. The van der Waals surface area contributed by atoms with Gasteiger partial charge in [0.2, 0.25) is 17.2 Å². The summed E-state index contributed by atoms with van der Waals surface area (Å²) in [6, 6.07) is 8.90. The van der Waals surface area contributed by atoms with Gasteiger partial charge in [-0.3, -0.25) is 4.79 Å². The van der Waals surface area contributed by atoms with Crippen molar-refractivity contribution in [2.75, 3.05) is 0 Å². The third-order valence-electron chi connectivity index (χ3n) is 2.63. The Balaban J connectivity index is 2.35. The van der Waals surface area contributed by atoms with E-state index in [9.17, 15) is 10.0 Å². The maximum atomic E-state index is 11.9. The third kappa shape index (κ3) is 2.06. The molecule has 0 atom stereocenters. The Kier molecular flexibility index (Phi) is 2.81. The fourth-order valence-corrected chi connectivity index (χ4v) is 1.80. The van der Waals surface area contributed by atoms with Gasteiger partial charge in [-0.25, -0.2) is 0 Å². The summed E-state index contributed by atoms with van der Waals surface area (Å²) >= 11 is 0. The molecule has 78 valence electrons. The Hall–Kier alpha value is -1.64. The number of hydrogen-bond donors (Lipinski definition) is 0. The van der Waals surface area contributed by atoms with Crippen molar-refractivity contribution in [3.05, 3.63) is 35.5 Å². The van der Waals surface area contributed by atoms with Crippen molar-refractivity contribution in [1.82, 2.24) is 0 Å². The lowest BCUT2D eigenvalue weighted by Crippen LogP contribution is -2.25. The predicted molar refractivity (Wildman–Crippen MR) is 58.2 cm³/mol. The fraction of sp³-hybridized carbons (Fsp3) is 0.333. The minimum atomic E-state index is 0.0000954. The lowest BCUT2D eigenvalue weighted by Gasteiger charge is -2.13. The summed E-state index contributed by atoms with van der Waals surface area (Å²) in [7, 11) is 0. The standard InChI is InChI=1S/C12H13NO2/c14-12-9-5-4-8-11(12)13(15)10-6-2-1-3-7-10/h1-3,6-7H,4-5,8-9H2/b13-11+. The van der Waals surface area contributed by atoms with E-state index in [0.29, 0.717) is 24.2 Å². The number of rotatable bonds is 1. The van der Waals surface area contributed by atoms with Crippen LogP contribution in [0.2, 0.25) is 0 Å². The predicted octanol–water partition coefficient (Wildman–Crippen LogP) is 2.41. The quantitative estimate of drug-likeness (QED) is 0.399. The normalized spacial score (nSPS) is 20.1. The van der Waals surface area contributed by atoms with Crippen LogP contribution in [0, 0.1) is 5.21 Å². The molecule has 0 N–H and O–H groups in total. The summed E-state index contributed by atoms with van der Waals surface area (Å²) in [5, 5.41) is 11.9. The van der Waals surface area contributed by atoms with Gasteiger partial charge in [-0.1, -0.05) is 18.2 Å². The van der Waals surface area contributed by atoms with E-state index in [2.05, 4.69) is 0 Å². The summed E-state index contributed by atoms with van der Waals surface area (Å²) in [5.41, 5.74) is 0.954. The number of carbonyl (C=O) groups is 1. The van der Waals surface area contributed by atoms with Crippen LogP contribution >= 0.6 is 0 Å². The molecule has 0 spiro atoms. The van der Waals surface area contributed by atoms with Crippen molar-refractivity contribution in [2.24, 2.45) is 0 Å². The summed E-state index contributed by atoms with van der Waals surface area (Å²) in [6.45, 7) is 0. The van der Waals surface area contributed by atoms with E-state index in [1.165, 1.54) is 0 Å². The molecule has 3 heteroatoms. The number of nitrogens with zero attached hydrogens (tertiary/aromatic N) is 1. The number of carbonyl (C=O) groups excluding carboxylic acids is 1. The average molecular weight is 203 g/mol. The SMILES string of the molecule is O=C1CCCC/C1=[N+](\[O-])c1ccccc1. The van der Waals surface area contributed by atoms with Crippen LogP contribution in [-0.4, -0.2) is 16.2 Å². The Morgan fingerprint density at radius 3 is 2.40 bits per heavy atom. The van der Waals surface area contributed by atoms with Gasteiger partial charge in [-0.15, -0.1) is 0 Å². The molecule has 1 aromatic carbocycles. The molecule has 15 heavy (non-hydrogen) atoms. The van der Waals surface area contributed by atoms with Crippen molar-refractivity contribution in [2.45, 2.75) is 25.7 Å². The van der Waals surface area contributed by atoms with Crippen molar-refractivity contribution >= 4 is 17.2 Å². The molecular weight excluding hydrogens is 190 g/mol. The fourth-order valence-electron chi connectivity index (χ4n) is 1.80. The topological polar surface area (TPSA) is 43.1 Å². The monoisotopic (exact) mass is 203 g/mol. The smallest absolute Gasteiger partial charge is 0.236 e. The van der Waals surface area contributed by atoms with Crippen LogP contribution < -0.4 is 0 Å². The van der Waals surface area contributed by atoms with E-state index >= 15 is 0 Å². The van der Waals surface area contributed by atoms with Crippen LogP contribution in [0.3, 0.4) is 0 Å². The van der Waals surface area contributed by atoms with E-state index in [1.54, 1.807) is 24.3 Å². The van der Waals surface area contributed by atoms with Crippen molar-refractivity contribution in [3.63, 3.8) is 0 Å². The van der Waals surface area contributed by atoms with Crippen LogP contribution in [0.15, 0.2) is 30.3 Å². The molecule has 0 aliphatic heterocycles. The first-order valence-corrected chi connectivity index (χ1v) is 5.20. The first kappa shape index (κ1) is 9.90. The summed E-state index contributed by atoms with van der Waals surface area (Å²) in [4.78, 5) is 11.5. The van der Waals surface area contributed by atoms with Crippen molar-refractivity contribution in [1.29, 1.82) is 0 Å². The van der Waals surface area contributed by atoms with Gasteiger partial charge in [0.15, 0.2) is 0 Å². The van der Waals surface area contributed by atoms with Gasteiger partial charge in [-0.05, 0) is 12.8 Å². The zero-order valence-electron chi connectivity index (χ0n) is 8.48. The Morgan fingerprint density at radius 1 is 1.07 bits per heavy atom. The number of hydrogen-bond acceptors (Lipinski definition) is 2. The Bertz CT molecular complexity index is 395. The molecule has 2 rings (SSSR count). The molecule has 0 aromatic heterocycles. The molecule has 3 nitrogen and oxygen atoms in total. The number of para-hydroxylation sites is 1. The van der Waals surface area contributed by atoms with Gasteiger partial charge in [0, 0.05) is 25.0 Å². The van der Waals surface area contributed by atoms with E-state index < -0.39 is 0 Å². The van der Waals surface area contributed by atoms with Crippen LogP contribution in [-0.2, 0) is 4.79 Å². The highest BCUT2D eigenvalue weighted by molar-refractivity contribution is 6.38. The van der Waals surface area contributed by atoms with Gasteiger partial charge in [0.05, 0.1) is 0 Å². The summed E-state index contributed by atoms with van der Waals surface area (Å²) in [6.07, 6.45) is 2.97. The number of benzene rings is 1. The molecule has 1 aliphatic carbocycles. The first-order valence-electron chi connectivity index (χ1n) is 5.20. The van der Waals surface area contributed by atoms with Gasteiger partial charge in [0.1, 0.15) is 0 Å². The van der Waals surface area contributed by atoms with E-state index in [-0.39, 0.29) is 5.78 Å². The Morgan fingerprint density at radius 2 is 1.73 bits per heavy atom. The second kappa shape index (κ2) is 4.26. The molecule has 1 aromatic rings. The molecule has 0 radical (unpaired) electrons. The largest absolute Gasteiger partial charge is 0.618 e. The van der Waals surface area contributed by atoms with Gasteiger partial charge >= 0.3 is 0 Å².